The minimum absolute atomic E-state index is 0.661. The summed E-state index contributed by atoms with van der Waals surface area (Å²) in [5.41, 5.74) is 0. The first kappa shape index (κ1) is 16.3. The van der Waals surface area contributed by atoms with Crippen molar-refractivity contribution in [3.63, 3.8) is 0 Å². The van der Waals surface area contributed by atoms with Gasteiger partial charge in [0, 0.05) is 18.6 Å². The summed E-state index contributed by atoms with van der Waals surface area (Å²) in [4.78, 5) is 2.66. The van der Waals surface area contributed by atoms with Gasteiger partial charge >= 0.3 is 0 Å². The zero-order valence-corrected chi connectivity index (χ0v) is 14.0. The molecule has 0 aromatic carbocycles. The second kappa shape index (κ2) is 8.38. The average molecular weight is 281 g/mol. The van der Waals surface area contributed by atoms with Gasteiger partial charge in [0.2, 0.25) is 0 Å². The highest BCUT2D eigenvalue weighted by molar-refractivity contribution is 4.80. The van der Waals surface area contributed by atoms with Gasteiger partial charge in [-0.05, 0) is 64.0 Å². The van der Waals surface area contributed by atoms with E-state index in [-0.39, 0.29) is 0 Å². The van der Waals surface area contributed by atoms with Gasteiger partial charge in [0.25, 0.3) is 0 Å². The van der Waals surface area contributed by atoms with Gasteiger partial charge in [0.1, 0.15) is 0 Å². The van der Waals surface area contributed by atoms with Crippen LogP contribution in [0.25, 0.3) is 0 Å². The van der Waals surface area contributed by atoms with E-state index in [0.29, 0.717) is 6.04 Å². The lowest BCUT2D eigenvalue weighted by molar-refractivity contribution is 0.202. The van der Waals surface area contributed by atoms with E-state index in [2.05, 4.69) is 31.0 Å². The number of likely N-dealkylation sites (tertiary alicyclic amines) is 1. The molecule has 2 heteroatoms. The summed E-state index contributed by atoms with van der Waals surface area (Å²) < 4.78 is 0. The molecule has 1 saturated heterocycles. The quantitative estimate of drug-likeness (QED) is 0.764. The average Bonchev–Trinajstić information content (AvgIpc) is 2.65. The molecule has 20 heavy (non-hydrogen) atoms. The summed E-state index contributed by atoms with van der Waals surface area (Å²) in [6.07, 6.45) is 11.4. The van der Waals surface area contributed by atoms with E-state index in [1.165, 1.54) is 71.0 Å². The summed E-state index contributed by atoms with van der Waals surface area (Å²) in [5.74, 6) is 1.85. The smallest absolute Gasteiger partial charge is 0.0169 e. The van der Waals surface area contributed by atoms with Crippen LogP contribution < -0.4 is 5.32 Å². The van der Waals surface area contributed by atoms with E-state index >= 15 is 0 Å². The normalized spacial score (nSPS) is 31.2. The number of piperidine rings is 1. The Balaban J connectivity index is 1.69. The Hall–Kier alpha value is -0.0800. The van der Waals surface area contributed by atoms with E-state index < -0.39 is 0 Å². The van der Waals surface area contributed by atoms with Gasteiger partial charge in [0.15, 0.2) is 0 Å². The van der Waals surface area contributed by atoms with Crippen molar-refractivity contribution in [1.82, 2.24) is 10.2 Å². The van der Waals surface area contributed by atoms with Crippen molar-refractivity contribution in [3.05, 3.63) is 0 Å². The maximum atomic E-state index is 3.92. The molecule has 0 aromatic heterocycles. The summed E-state index contributed by atoms with van der Waals surface area (Å²) in [7, 11) is 0. The molecular weight excluding hydrogens is 244 g/mol. The molecule has 2 nitrogen and oxygen atoms in total. The molecule has 0 aromatic rings. The number of nitrogens with one attached hydrogen (secondary N) is 1. The van der Waals surface area contributed by atoms with E-state index in [1.807, 2.05) is 0 Å². The Morgan fingerprint density at radius 2 is 1.65 bits per heavy atom. The standard InChI is InChI=1S/C18H36N2/c1-15(2)17-8-7-9-18(11-10-17)19-16(3)14-20-12-5-4-6-13-20/h15-19H,4-14H2,1-3H3. The predicted molar refractivity (Wildman–Crippen MR) is 88.1 cm³/mol. The van der Waals surface area contributed by atoms with Crippen molar-refractivity contribution in [2.24, 2.45) is 11.8 Å². The number of nitrogens with zero attached hydrogens (tertiary/aromatic N) is 1. The van der Waals surface area contributed by atoms with Gasteiger partial charge in [0.05, 0.1) is 0 Å². The Bertz CT molecular complexity index is 258. The van der Waals surface area contributed by atoms with Crippen LogP contribution in [0.3, 0.4) is 0 Å². The molecule has 1 saturated carbocycles. The number of hydrogen-bond donors (Lipinski definition) is 1. The van der Waals surface area contributed by atoms with Crippen LogP contribution in [0.5, 0.6) is 0 Å². The van der Waals surface area contributed by atoms with E-state index in [4.69, 9.17) is 0 Å². The molecule has 1 N–H and O–H groups in total. The SMILES string of the molecule is CC(CN1CCCCC1)NC1CCCC(C(C)C)CC1. The summed E-state index contributed by atoms with van der Waals surface area (Å²) >= 11 is 0. The number of hydrogen-bond acceptors (Lipinski definition) is 2. The van der Waals surface area contributed by atoms with Crippen molar-refractivity contribution in [1.29, 1.82) is 0 Å². The Labute approximate surface area is 126 Å². The van der Waals surface area contributed by atoms with Gasteiger partial charge in [-0.25, -0.2) is 0 Å². The highest BCUT2D eigenvalue weighted by Crippen LogP contribution is 2.29. The molecule has 1 aliphatic carbocycles. The van der Waals surface area contributed by atoms with Crippen LogP contribution in [0.4, 0.5) is 0 Å². The van der Waals surface area contributed by atoms with Crippen molar-refractivity contribution >= 4 is 0 Å². The van der Waals surface area contributed by atoms with Crippen LogP contribution in [-0.2, 0) is 0 Å². The summed E-state index contributed by atoms with van der Waals surface area (Å²) in [6, 6.07) is 1.44. The first-order valence-electron chi connectivity index (χ1n) is 9.13. The van der Waals surface area contributed by atoms with Crippen molar-refractivity contribution in [2.75, 3.05) is 19.6 Å². The molecule has 2 aliphatic rings. The van der Waals surface area contributed by atoms with Gasteiger partial charge in [-0.1, -0.05) is 33.1 Å². The largest absolute Gasteiger partial charge is 0.310 e. The molecule has 1 aliphatic heterocycles. The fourth-order valence-corrected chi connectivity index (χ4v) is 4.15. The van der Waals surface area contributed by atoms with E-state index in [1.54, 1.807) is 0 Å². The first-order chi connectivity index (χ1) is 9.65. The third kappa shape index (κ3) is 5.37. The van der Waals surface area contributed by atoms with Crippen LogP contribution >= 0.6 is 0 Å². The van der Waals surface area contributed by atoms with E-state index in [9.17, 15) is 0 Å². The molecule has 3 unspecified atom stereocenters. The Kier molecular flexibility index (Phi) is 6.83. The Morgan fingerprint density at radius 1 is 0.900 bits per heavy atom. The lowest BCUT2D eigenvalue weighted by Gasteiger charge is -2.31. The third-order valence-corrected chi connectivity index (χ3v) is 5.46. The van der Waals surface area contributed by atoms with Crippen LogP contribution in [0.15, 0.2) is 0 Å². The molecule has 1 heterocycles. The zero-order chi connectivity index (χ0) is 14.4. The van der Waals surface area contributed by atoms with Gasteiger partial charge in [-0.3, -0.25) is 0 Å². The second-order valence-corrected chi connectivity index (χ2v) is 7.64. The summed E-state index contributed by atoms with van der Waals surface area (Å²) in [5, 5.41) is 3.92. The first-order valence-corrected chi connectivity index (χ1v) is 9.13. The molecule has 2 rings (SSSR count). The lowest BCUT2D eigenvalue weighted by Crippen LogP contribution is -2.45. The van der Waals surface area contributed by atoms with Crippen LogP contribution in [0.2, 0.25) is 0 Å². The molecule has 0 radical (unpaired) electrons. The highest BCUT2D eigenvalue weighted by atomic mass is 15.2. The monoisotopic (exact) mass is 280 g/mol. The molecule has 3 atom stereocenters. The maximum Gasteiger partial charge on any atom is 0.0169 e. The van der Waals surface area contributed by atoms with Gasteiger partial charge in [-0.2, -0.15) is 0 Å². The molecule has 118 valence electrons. The molecule has 0 spiro atoms. The lowest BCUT2D eigenvalue weighted by atomic mass is 9.89. The number of rotatable bonds is 5. The molecule has 2 fully saturated rings. The topological polar surface area (TPSA) is 15.3 Å². The minimum atomic E-state index is 0.661. The van der Waals surface area contributed by atoms with Crippen molar-refractivity contribution < 1.29 is 0 Å². The highest BCUT2D eigenvalue weighted by Gasteiger charge is 2.22. The minimum Gasteiger partial charge on any atom is -0.310 e. The van der Waals surface area contributed by atoms with Crippen molar-refractivity contribution in [3.8, 4) is 0 Å². The fraction of sp³-hybridized carbons (Fsp3) is 1.00. The Morgan fingerprint density at radius 3 is 2.35 bits per heavy atom. The van der Waals surface area contributed by atoms with Gasteiger partial charge in [-0.15, -0.1) is 0 Å². The third-order valence-electron chi connectivity index (χ3n) is 5.46. The molecule has 0 bridgehead atoms. The van der Waals surface area contributed by atoms with Gasteiger partial charge < -0.3 is 10.2 Å². The zero-order valence-electron chi connectivity index (χ0n) is 14.0. The molecular formula is C18H36N2. The van der Waals surface area contributed by atoms with Crippen LogP contribution in [0, 0.1) is 11.8 Å². The maximum absolute atomic E-state index is 3.92. The van der Waals surface area contributed by atoms with Crippen LogP contribution in [0.1, 0.15) is 72.1 Å². The predicted octanol–water partition coefficient (Wildman–Crippen LogP) is 4.06. The van der Waals surface area contributed by atoms with Crippen LogP contribution in [-0.4, -0.2) is 36.6 Å². The fourth-order valence-electron chi connectivity index (χ4n) is 4.15. The molecule has 0 amide bonds. The van der Waals surface area contributed by atoms with E-state index in [0.717, 1.165) is 17.9 Å². The van der Waals surface area contributed by atoms with Crippen molar-refractivity contribution in [2.45, 2.75) is 84.2 Å². The second-order valence-electron chi connectivity index (χ2n) is 7.64. The summed E-state index contributed by atoms with van der Waals surface area (Å²) in [6.45, 7) is 11.1.